The van der Waals surface area contributed by atoms with Crippen LogP contribution in [0.4, 0.5) is 11.9 Å². The number of H-pyrrole nitrogens is 1. The van der Waals surface area contributed by atoms with Crippen molar-refractivity contribution in [3.8, 4) is 0 Å². The van der Waals surface area contributed by atoms with Crippen molar-refractivity contribution in [2.24, 2.45) is 7.05 Å². The molecule has 2 rings (SSSR count). The maximum atomic E-state index is 5.38. The van der Waals surface area contributed by atoms with Gasteiger partial charge in [-0.3, -0.25) is 4.68 Å². The first-order valence-electron chi connectivity index (χ1n) is 4.63. The summed E-state index contributed by atoms with van der Waals surface area (Å²) in [5.74, 6) is 0.843. The Bertz CT molecular complexity index is 389. The van der Waals surface area contributed by atoms with Crippen LogP contribution in [0.1, 0.15) is 5.56 Å². The molecule has 0 spiro atoms. The van der Waals surface area contributed by atoms with Crippen LogP contribution in [0.2, 0.25) is 0 Å². The van der Waals surface area contributed by atoms with E-state index in [4.69, 9.17) is 5.73 Å². The summed E-state index contributed by atoms with van der Waals surface area (Å²) < 4.78 is 1.78. The lowest BCUT2D eigenvalue weighted by Crippen LogP contribution is -2.05. The fraction of sp³-hybridized carbons (Fsp3) is 0.375. The second kappa shape index (κ2) is 3.99. The van der Waals surface area contributed by atoms with Gasteiger partial charge in [0.15, 0.2) is 0 Å². The molecule has 0 aliphatic carbocycles. The number of hydrogen-bond acceptors (Lipinski definition) is 5. The SMILES string of the molecule is Cn1cc(CCNc2n[nH]c(N)n2)cn1. The van der Waals surface area contributed by atoms with Gasteiger partial charge in [0.2, 0.25) is 11.9 Å². The van der Waals surface area contributed by atoms with Gasteiger partial charge in [-0.2, -0.15) is 10.1 Å². The lowest BCUT2D eigenvalue weighted by Gasteiger charge is -1.98. The fourth-order valence-corrected chi connectivity index (χ4v) is 1.27. The predicted octanol–water partition coefficient (Wildman–Crippen LogP) is -0.225. The number of aromatic amines is 1. The van der Waals surface area contributed by atoms with Crippen molar-refractivity contribution >= 4 is 11.9 Å². The number of nitrogen functional groups attached to an aromatic ring is 1. The van der Waals surface area contributed by atoms with E-state index in [0.717, 1.165) is 13.0 Å². The van der Waals surface area contributed by atoms with Crippen LogP contribution in [-0.4, -0.2) is 31.5 Å². The van der Waals surface area contributed by atoms with Gasteiger partial charge in [0.25, 0.3) is 0 Å². The summed E-state index contributed by atoms with van der Waals surface area (Å²) in [4.78, 5) is 3.93. The van der Waals surface area contributed by atoms with Crippen molar-refractivity contribution in [1.29, 1.82) is 0 Å². The summed E-state index contributed by atoms with van der Waals surface area (Å²) in [6, 6.07) is 0. The minimum absolute atomic E-state index is 0.318. The van der Waals surface area contributed by atoms with Crippen molar-refractivity contribution in [1.82, 2.24) is 25.0 Å². The maximum absolute atomic E-state index is 5.38. The summed E-state index contributed by atoms with van der Waals surface area (Å²) in [7, 11) is 1.90. The van der Waals surface area contributed by atoms with E-state index < -0.39 is 0 Å². The summed E-state index contributed by atoms with van der Waals surface area (Å²) in [5.41, 5.74) is 6.56. The first kappa shape index (κ1) is 9.50. The molecule has 0 fully saturated rings. The van der Waals surface area contributed by atoms with Crippen LogP contribution < -0.4 is 11.1 Å². The van der Waals surface area contributed by atoms with E-state index in [-0.39, 0.29) is 0 Å². The van der Waals surface area contributed by atoms with Gasteiger partial charge in [0.1, 0.15) is 0 Å². The molecule has 80 valence electrons. The Morgan fingerprint density at radius 2 is 2.47 bits per heavy atom. The van der Waals surface area contributed by atoms with Gasteiger partial charge < -0.3 is 11.1 Å². The van der Waals surface area contributed by atoms with Gasteiger partial charge in [-0.05, 0) is 12.0 Å². The minimum Gasteiger partial charge on any atom is -0.368 e. The van der Waals surface area contributed by atoms with Crippen LogP contribution in [-0.2, 0) is 13.5 Å². The predicted molar refractivity (Wildman–Crippen MR) is 56.2 cm³/mol. The highest BCUT2D eigenvalue weighted by molar-refractivity contribution is 5.29. The highest BCUT2D eigenvalue weighted by atomic mass is 15.3. The Balaban J connectivity index is 1.80. The van der Waals surface area contributed by atoms with Crippen molar-refractivity contribution in [3.05, 3.63) is 18.0 Å². The Morgan fingerprint density at radius 1 is 1.60 bits per heavy atom. The molecular formula is C8H13N7. The van der Waals surface area contributed by atoms with Gasteiger partial charge in [-0.1, -0.05) is 0 Å². The number of rotatable bonds is 4. The number of nitrogens with zero attached hydrogens (tertiary/aromatic N) is 4. The third-order valence-electron chi connectivity index (χ3n) is 1.96. The Labute approximate surface area is 86.7 Å². The van der Waals surface area contributed by atoms with Gasteiger partial charge in [-0.25, -0.2) is 5.10 Å². The molecule has 0 saturated carbocycles. The zero-order chi connectivity index (χ0) is 10.7. The first-order valence-corrected chi connectivity index (χ1v) is 4.63. The molecule has 2 heterocycles. The Morgan fingerprint density at radius 3 is 3.07 bits per heavy atom. The monoisotopic (exact) mass is 207 g/mol. The molecule has 7 nitrogen and oxygen atoms in total. The molecule has 0 unspecified atom stereocenters. The lowest BCUT2D eigenvalue weighted by atomic mass is 10.2. The van der Waals surface area contributed by atoms with Crippen LogP contribution in [0, 0.1) is 0 Å². The molecule has 0 radical (unpaired) electrons. The number of nitrogens with two attached hydrogens (primary N) is 1. The van der Waals surface area contributed by atoms with E-state index in [1.54, 1.807) is 4.68 Å². The van der Waals surface area contributed by atoms with Crippen LogP contribution >= 0.6 is 0 Å². The number of hydrogen-bond donors (Lipinski definition) is 3. The molecule has 0 aromatic carbocycles. The highest BCUT2D eigenvalue weighted by Crippen LogP contribution is 2.01. The summed E-state index contributed by atoms with van der Waals surface area (Å²) in [6.45, 7) is 0.753. The summed E-state index contributed by atoms with van der Waals surface area (Å²) in [6.07, 6.45) is 4.70. The van der Waals surface area contributed by atoms with Gasteiger partial charge in [0, 0.05) is 19.8 Å². The minimum atomic E-state index is 0.318. The second-order valence-corrected chi connectivity index (χ2v) is 3.24. The van der Waals surface area contributed by atoms with E-state index in [0.29, 0.717) is 11.9 Å². The Kier molecular flexibility index (Phi) is 2.53. The fourth-order valence-electron chi connectivity index (χ4n) is 1.27. The standard InChI is InChI=1S/C8H13N7/c1-15-5-6(4-11-15)2-3-10-8-12-7(9)13-14-8/h4-5H,2-3H2,1H3,(H4,9,10,12,13,14). The van der Waals surface area contributed by atoms with E-state index in [1.807, 2.05) is 19.4 Å². The molecule has 2 aromatic heterocycles. The average Bonchev–Trinajstić information content (AvgIpc) is 2.76. The molecule has 0 aliphatic heterocycles. The van der Waals surface area contributed by atoms with Crippen LogP contribution in [0.25, 0.3) is 0 Å². The molecule has 0 aliphatic rings. The molecule has 15 heavy (non-hydrogen) atoms. The number of nitrogens with one attached hydrogen (secondary N) is 2. The van der Waals surface area contributed by atoms with Crippen molar-refractivity contribution in [2.75, 3.05) is 17.6 Å². The third-order valence-corrected chi connectivity index (χ3v) is 1.96. The lowest BCUT2D eigenvalue weighted by molar-refractivity contribution is 0.766. The number of aryl methyl sites for hydroxylation is 1. The molecule has 0 amide bonds. The topological polar surface area (TPSA) is 97.4 Å². The zero-order valence-corrected chi connectivity index (χ0v) is 8.44. The van der Waals surface area contributed by atoms with Crippen molar-refractivity contribution in [3.63, 3.8) is 0 Å². The molecule has 2 aromatic rings. The first-order chi connectivity index (χ1) is 7.24. The maximum Gasteiger partial charge on any atom is 0.243 e. The summed E-state index contributed by atoms with van der Waals surface area (Å²) in [5, 5.41) is 13.5. The van der Waals surface area contributed by atoms with Crippen LogP contribution in [0.15, 0.2) is 12.4 Å². The molecule has 7 heteroatoms. The Hall–Kier alpha value is -2.05. The van der Waals surface area contributed by atoms with Gasteiger partial charge in [-0.15, -0.1) is 5.10 Å². The van der Waals surface area contributed by atoms with E-state index in [1.165, 1.54) is 5.56 Å². The largest absolute Gasteiger partial charge is 0.368 e. The number of anilines is 2. The van der Waals surface area contributed by atoms with Crippen molar-refractivity contribution in [2.45, 2.75) is 6.42 Å². The molecule has 0 bridgehead atoms. The smallest absolute Gasteiger partial charge is 0.243 e. The molecule has 0 atom stereocenters. The zero-order valence-electron chi connectivity index (χ0n) is 8.44. The van der Waals surface area contributed by atoms with E-state index in [2.05, 4.69) is 25.6 Å². The normalized spacial score (nSPS) is 10.5. The van der Waals surface area contributed by atoms with Gasteiger partial charge in [0.05, 0.1) is 6.20 Å². The van der Waals surface area contributed by atoms with Crippen LogP contribution in [0.3, 0.4) is 0 Å². The van der Waals surface area contributed by atoms with Gasteiger partial charge >= 0.3 is 0 Å². The summed E-state index contributed by atoms with van der Waals surface area (Å²) >= 11 is 0. The van der Waals surface area contributed by atoms with E-state index >= 15 is 0 Å². The molecule has 4 N–H and O–H groups in total. The number of aromatic nitrogens is 5. The van der Waals surface area contributed by atoms with Crippen molar-refractivity contribution < 1.29 is 0 Å². The van der Waals surface area contributed by atoms with Crippen LogP contribution in [0.5, 0.6) is 0 Å². The molecular weight excluding hydrogens is 194 g/mol. The third kappa shape index (κ3) is 2.46. The molecule has 0 saturated heterocycles. The average molecular weight is 207 g/mol. The second-order valence-electron chi connectivity index (χ2n) is 3.24. The highest BCUT2D eigenvalue weighted by Gasteiger charge is 1.99. The quantitative estimate of drug-likeness (QED) is 0.643. The van der Waals surface area contributed by atoms with E-state index in [9.17, 15) is 0 Å².